The van der Waals surface area contributed by atoms with Gasteiger partial charge in [-0.2, -0.15) is 0 Å². The number of para-hydroxylation sites is 1. The van der Waals surface area contributed by atoms with Gasteiger partial charge in [-0.1, -0.05) is 41.4 Å². The van der Waals surface area contributed by atoms with Gasteiger partial charge in [0.15, 0.2) is 0 Å². The second-order valence-electron chi connectivity index (χ2n) is 4.85. The van der Waals surface area contributed by atoms with Crippen molar-refractivity contribution in [2.45, 2.75) is 6.54 Å². The third-order valence-corrected chi connectivity index (χ3v) is 3.77. The average molecular weight is 323 g/mol. The molecule has 0 unspecified atom stereocenters. The van der Waals surface area contributed by atoms with E-state index in [1.54, 1.807) is 31.1 Å². The summed E-state index contributed by atoms with van der Waals surface area (Å²) in [7, 11) is 3.47. The minimum absolute atomic E-state index is 0.0350. The molecule has 0 fully saturated rings. The van der Waals surface area contributed by atoms with Gasteiger partial charge in [-0.05, 0) is 29.8 Å². The third kappa shape index (κ3) is 3.90. The predicted molar refractivity (Wildman–Crippen MR) is 88.2 cm³/mol. The molecule has 3 nitrogen and oxygen atoms in total. The molecule has 0 atom stereocenters. The number of hydrogen-bond acceptors (Lipinski definition) is 2. The lowest BCUT2D eigenvalue weighted by molar-refractivity contribution is 0.0828. The van der Waals surface area contributed by atoms with E-state index >= 15 is 0 Å². The Balaban J connectivity index is 2.16. The lowest BCUT2D eigenvalue weighted by Gasteiger charge is -2.15. The molecule has 1 amide bonds. The van der Waals surface area contributed by atoms with Gasteiger partial charge in [0.1, 0.15) is 0 Å². The van der Waals surface area contributed by atoms with Crippen molar-refractivity contribution in [3.05, 3.63) is 63.6 Å². The van der Waals surface area contributed by atoms with E-state index in [0.717, 1.165) is 11.3 Å². The second-order valence-corrected chi connectivity index (χ2v) is 5.66. The second kappa shape index (κ2) is 6.83. The van der Waals surface area contributed by atoms with Gasteiger partial charge in [-0.15, -0.1) is 0 Å². The maximum Gasteiger partial charge on any atom is 0.255 e. The summed E-state index contributed by atoms with van der Waals surface area (Å²) in [5, 5.41) is 4.32. The summed E-state index contributed by atoms with van der Waals surface area (Å²) < 4.78 is 0. The van der Waals surface area contributed by atoms with Gasteiger partial charge in [-0.3, -0.25) is 4.79 Å². The van der Waals surface area contributed by atoms with E-state index < -0.39 is 0 Å². The van der Waals surface area contributed by atoms with Crippen LogP contribution in [0.15, 0.2) is 42.5 Å². The zero-order valence-electron chi connectivity index (χ0n) is 11.9. The fourth-order valence-corrected chi connectivity index (χ4v) is 2.23. The summed E-state index contributed by atoms with van der Waals surface area (Å²) in [5.74, 6) is -0.0350. The standard InChI is InChI=1S/C16H16Cl2N2O/c1-20(2)16(21)12-5-3-4-6-15(12)19-10-11-7-8-13(17)14(18)9-11/h3-9,19H,10H2,1-2H3. The quantitative estimate of drug-likeness (QED) is 0.909. The maximum atomic E-state index is 12.1. The summed E-state index contributed by atoms with van der Waals surface area (Å²) >= 11 is 11.9. The van der Waals surface area contributed by atoms with E-state index in [-0.39, 0.29) is 5.91 Å². The molecule has 2 aromatic carbocycles. The minimum atomic E-state index is -0.0350. The first kappa shape index (κ1) is 15.7. The number of benzene rings is 2. The molecule has 1 N–H and O–H groups in total. The van der Waals surface area contributed by atoms with Crippen LogP contribution >= 0.6 is 23.2 Å². The summed E-state index contributed by atoms with van der Waals surface area (Å²) in [6.07, 6.45) is 0. The van der Waals surface area contributed by atoms with Gasteiger partial charge >= 0.3 is 0 Å². The largest absolute Gasteiger partial charge is 0.380 e. The van der Waals surface area contributed by atoms with E-state index in [0.29, 0.717) is 22.2 Å². The average Bonchev–Trinajstić information content (AvgIpc) is 2.48. The van der Waals surface area contributed by atoms with E-state index in [1.807, 2.05) is 30.3 Å². The zero-order valence-corrected chi connectivity index (χ0v) is 13.4. The van der Waals surface area contributed by atoms with Crippen molar-refractivity contribution in [1.82, 2.24) is 4.90 Å². The highest BCUT2D eigenvalue weighted by atomic mass is 35.5. The number of nitrogens with one attached hydrogen (secondary N) is 1. The monoisotopic (exact) mass is 322 g/mol. The van der Waals surface area contributed by atoms with Crippen LogP contribution in [0, 0.1) is 0 Å². The van der Waals surface area contributed by atoms with E-state index in [4.69, 9.17) is 23.2 Å². The molecule has 21 heavy (non-hydrogen) atoms. The highest BCUT2D eigenvalue weighted by Gasteiger charge is 2.12. The Labute approximate surface area is 134 Å². The van der Waals surface area contributed by atoms with Crippen LogP contribution in [0.3, 0.4) is 0 Å². The van der Waals surface area contributed by atoms with Crippen molar-refractivity contribution in [3.8, 4) is 0 Å². The smallest absolute Gasteiger partial charge is 0.255 e. The van der Waals surface area contributed by atoms with E-state index in [2.05, 4.69) is 5.32 Å². The lowest BCUT2D eigenvalue weighted by Crippen LogP contribution is -2.22. The number of nitrogens with zero attached hydrogens (tertiary/aromatic N) is 1. The van der Waals surface area contributed by atoms with Crippen LogP contribution in [0.4, 0.5) is 5.69 Å². The van der Waals surface area contributed by atoms with Gasteiger partial charge in [0.2, 0.25) is 0 Å². The molecule has 5 heteroatoms. The predicted octanol–water partition coefficient (Wildman–Crippen LogP) is 4.31. The van der Waals surface area contributed by atoms with Crippen LogP contribution in [-0.2, 0) is 6.54 Å². The van der Waals surface area contributed by atoms with Crippen LogP contribution in [-0.4, -0.2) is 24.9 Å². The van der Waals surface area contributed by atoms with Crippen LogP contribution in [0.5, 0.6) is 0 Å². The molecule has 2 rings (SSSR count). The van der Waals surface area contributed by atoms with Crippen molar-refractivity contribution in [2.75, 3.05) is 19.4 Å². The Morgan fingerprint density at radius 1 is 1.10 bits per heavy atom. The molecule has 0 aliphatic heterocycles. The van der Waals surface area contributed by atoms with Gasteiger partial charge < -0.3 is 10.2 Å². The van der Waals surface area contributed by atoms with Crippen LogP contribution < -0.4 is 5.32 Å². The molecular formula is C16H16Cl2N2O. The molecule has 0 radical (unpaired) electrons. The number of halogens is 2. The SMILES string of the molecule is CN(C)C(=O)c1ccccc1NCc1ccc(Cl)c(Cl)c1. The summed E-state index contributed by atoms with van der Waals surface area (Å²) in [6.45, 7) is 0.564. The van der Waals surface area contributed by atoms with Gasteiger partial charge in [0, 0.05) is 26.3 Å². The number of carbonyl (C=O) groups is 1. The number of carbonyl (C=O) groups excluding carboxylic acids is 1. The summed E-state index contributed by atoms with van der Waals surface area (Å²) in [5.41, 5.74) is 2.43. The molecular weight excluding hydrogens is 307 g/mol. The molecule has 0 aliphatic carbocycles. The molecule has 2 aromatic rings. The Morgan fingerprint density at radius 2 is 1.81 bits per heavy atom. The first-order valence-electron chi connectivity index (χ1n) is 6.47. The molecule has 0 aromatic heterocycles. The van der Waals surface area contributed by atoms with Crippen molar-refractivity contribution < 1.29 is 4.79 Å². The fraction of sp³-hybridized carbons (Fsp3) is 0.188. The molecule has 0 aliphatic rings. The molecule has 0 saturated heterocycles. The van der Waals surface area contributed by atoms with E-state index in [9.17, 15) is 4.79 Å². The van der Waals surface area contributed by atoms with Crippen LogP contribution in [0.25, 0.3) is 0 Å². The number of hydrogen-bond donors (Lipinski definition) is 1. The van der Waals surface area contributed by atoms with Crippen LogP contribution in [0.2, 0.25) is 10.0 Å². The minimum Gasteiger partial charge on any atom is -0.380 e. The van der Waals surface area contributed by atoms with Crippen molar-refractivity contribution in [3.63, 3.8) is 0 Å². The summed E-state index contributed by atoms with van der Waals surface area (Å²) in [4.78, 5) is 13.7. The van der Waals surface area contributed by atoms with Crippen molar-refractivity contribution in [2.24, 2.45) is 0 Å². The topological polar surface area (TPSA) is 32.3 Å². The molecule has 0 bridgehead atoms. The molecule has 0 saturated carbocycles. The van der Waals surface area contributed by atoms with E-state index in [1.165, 1.54) is 0 Å². The highest BCUT2D eigenvalue weighted by molar-refractivity contribution is 6.42. The van der Waals surface area contributed by atoms with Gasteiger partial charge in [-0.25, -0.2) is 0 Å². The van der Waals surface area contributed by atoms with Gasteiger partial charge in [0.25, 0.3) is 5.91 Å². The lowest BCUT2D eigenvalue weighted by atomic mass is 10.1. The number of rotatable bonds is 4. The highest BCUT2D eigenvalue weighted by Crippen LogP contribution is 2.23. The third-order valence-electron chi connectivity index (χ3n) is 3.03. The Kier molecular flexibility index (Phi) is 5.10. The van der Waals surface area contributed by atoms with Crippen LogP contribution in [0.1, 0.15) is 15.9 Å². The Morgan fingerprint density at radius 3 is 2.48 bits per heavy atom. The molecule has 0 spiro atoms. The van der Waals surface area contributed by atoms with Crippen molar-refractivity contribution in [1.29, 1.82) is 0 Å². The normalized spacial score (nSPS) is 10.3. The maximum absolute atomic E-state index is 12.1. The first-order valence-corrected chi connectivity index (χ1v) is 7.23. The summed E-state index contributed by atoms with van der Waals surface area (Å²) in [6, 6.07) is 12.9. The zero-order chi connectivity index (χ0) is 15.4. The van der Waals surface area contributed by atoms with Gasteiger partial charge in [0.05, 0.1) is 15.6 Å². The van der Waals surface area contributed by atoms with Crippen molar-refractivity contribution >= 4 is 34.8 Å². The number of amides is 1. The Hall–Kier alpha value is -1.71. The number of anilines is 1. The first-order chi connectivity index (χ1) is 9.99. The Bertz CT molecular complexity index is 656. The molecule has 110 valence electrons. The molecule has 0 heterocycles. The fourth-order valence-electron chi connectivity index (χ4n) is 1.91.